The fraction of sp³-hybridized carbons (Fsp3) is 0.0714. The van der Waals surface area contributed by atoms with E-state index in [0.29, 0.717) is 4.90 Å². The fourth-order valence-electron chi connectivity index (χ4n) is 12.1. The number of aromatic amines is 1. The van der Waals surface area contributed by atoms with Crippen molar-refractivity contribution in [3.63, 3.8) is 0 Å². The van der Waals surface area contributed by atoms with Crippen LogP contribution in [-0.2, 0) is 16.4 Å². The van der Waals surface area contributed by atoms with E-state index in [2.05, 4.69) is 105 Å². The Bertz CT molecular complexity index is 5870. The number of fused-ring (bicyclic) bond motifs is 5. The van der Waals surface area contributed by atoms with Crippen LogP contribution in [0.25, 0.3) is 122 Å². The Kier molecular flexibility index (Phi) is 19.0. The maximum atomic E-state index is 11.6. The molecule has 17 rings (SSSR count). The van der Waals surface area contributed by atoms with Gasteiger partial charge in [0.25, 0.3) is 0 Å². The summed E-state index contributed by atoms with van der Waals surface area (Å²) in [4.78, 5) is 21.5. The molecule has 0 aliphatic heterocycles. The summed E-state index contributed by atoms with van der Waals surface area (Å²) in [5.41, 5.74) is 22.8. The summed E-state index contributed by atoms with van der Waals surface area (Å²) in [5, 5.41) is 19.9. The average molecular weight is 1360 g/mol. The van der Waals surface area contributed by atoms with Gasteiger partial charge < -0.3 is 34.1 Å². The number of aromatic hydroxyl groups is 1. The van der Waals surface area contributed by atoms with Gasteiger partial charge in [0.15, 0.2) is 9.84 Å². The molecule has 17 nitrogen and oxygen atoms in total. The maximum Gasteiger partial charge on any atom is 0.175 e. The molecule has 3 N–H and O–H groups in total. The van der Waals surface area contributed by atoms with Gasteiger partial charge in [0.05, 0.1) is 84.1 Å². The molecule has 5 heterocycles. The number of aliphatic hydroxyl groups is 1. The molecule has 5 aromatic heterocycles. The van der Waals surface area contributed by atoms with Gasteiger partial charge in [0, 0.05) is 40.7 Å². The van der Waals surface area contributed by atoms with Crippen molar-refractivity contribution in [2.24, 2.45) is 0 Å². The van der Waals surface area contributed by atoms with Gasteiger partial charge in [0.2, 0.25) is 0 Å². The number of ether oxygens (including phenoxy) is 4. The molecule has 0 radical (unpaired) electrons. The molecule has 0 atom stereocenters. The van der Waals surface area contributed by atoms with Crippen molar-refractivity contribution in [3.05, 3.63) is 304 Å². The predicted molar refractivity (Wildman–Crippen MR) is 405 cm³/mol. The molecular formula is C84H69N9O8S. The topological polar surface area (TPSA) is 199 Å². The molecule has 0 saturated carbocycles. The molecule has 102 heavy (non-hydrogen) atoms. The van der Waals surface area contributed by atoms with Crippen LogP contribution in [-0.4, -0.2) is 96.5 Å². The van der Waals surface area contributed by atoms with E-state index >= 15 is 0 Å². The molecule has 17 aromatic rings. The average Bonchev–Trinajstić information content (AvgIpc) is 1.62. The number of H-pyrrole nitrogens is 1. The minimum absolute atomic E-state index is 0.0591. The number of aliphatic hydroxyl groups excluding tert-OH is 1. The first-order valence-corrected chi connectivity index (χ1v) is 34.5. The molecular weight excluding hydrogens is 1300 g/mol. The first-order valence-electron chi connectivity index (χ1n) is 32.6. The highest BCUT2D eigenvalue weighted by molar-refractivity contribution is 7.90. The van der Waals surface area contributed by atoms with Crippen molar-refractivity contribution in [3.8, 4) is 96.0 Å². The number of sulfone groups is 1. The molecule has 0 unspecified atom stereocenters. The molecule has 0 bridgehead atoms. The van der Waals surface area contributed by atoms with Crippen molar-refractivity contribution < 1.29 is 37.6 Å². The second-order valence-corrected chi connectivity index (χ2v) is 26.1. The van der Waals surface area contributed by atoms with E-state index in [-0.39, 0.29) is 12.4 Å². The van der Waals surface area contributed by atoms with E-state index in [1.807, 2.05) is 206 Å². The van der Waals surface area contributed by atoms with Crippen molar-refractivity contribution in [2.45, 2.75) is 11.5 Å². The summed E-state index contributed by atoms with van der Waals surface area (Å²) < 4.78 is 52.5. The minimum Gasteiger partial charge on any atom is -0.508 e. The lowest BCUT2D eigenvalue weighted by molar-refractivity contribution is 0.282. The lowest BCUT2D eigenvalue weighted by atomic mass is 10.0. The van der Waals surface area contributed by atoms with Crippen LogP contribution in [0.4, 0.5) is 0 Å². The predicted octanol–water partition coefficient (Wildman–Crippen LogP) is 17.9. The van der Waals surface area contributed by atoms with Crippen LogP contribution >= 0.6 is 0 Å². The van der Waals surface area contributed by atoms with Crippen molar-refractivity contribution >= 4 is 64.9 Å². The summed E-state index contributed by atoms with van der Waals surface area (Å²) in [6.45, 7) is 0.0591. The zero-order valence-corrected chi connectivity index (χ0v) is 57.1. The lowest BCUT2D eigenvalue weighted by Crippen LogP contribution is -1.96. The third-order valence-corrected chi connectivity index (χ3v) is 18.9. The second-order valence-electron chi connectivity index (χ2n) is 24.0. The summed E-state index contributed by atoms with van der Waals surface area (Å²) >= 11 is 0. The normalized spacial score (nSPS) is 11.2. The van der Waals surface area contributed by atoms with Crippen molar-refractivity contribution in [1.82, 2.24) is 43.2 Å². The molecule has 18 heteroatoms. The Hall–Kier alpha value is -13.0. The Morgan fingerprint density at radius 3 is 0.971 bits per heavy atom. The summed E-state index contributed by atoms with van der Waals surface area (Å²) in [7, 11) is 3.44. The fourth-order valence-corrected chi connectivity index (χ4v) is 12.8. The highest BCUT2D eigenvalue weighted by atomic mass is 32.2. The number of phenols is 1. The second kappa shape index (κ2) is 29.2. The molecule has 504 valence electrons. The van der Waals surface area contributed by atoms with Gasteiger partial charge in [-0.05, 0) is 244 Å². The minimum atomic E-state index is -3.20. The number of methoxy groups -OCH3 is 4. The number of imidazole rings is 4. The van der Waals surface area contributed by atoms with E-state index in [1.165, 1.54) is 22.8 Å². The third-order valence-electron chi connectivity index (χ3n) is 17.8. The smallest absolute Gasteiger partial charge is 0.175 e. The zero-order chi connectivity index (χ0) is 70.3. The van der Waals surface area contributed by atoms with Gasteiger partial charge in [-0.3, -0.25) is 18.3 Å². The Morgan fingerprint density at radius 2 is 0.647 bits per heavy atom. The van der Waals surface area contributed by atoms with Gasteiger partial charge in [-0.25, -0.2) is 28.4 Å². The van der Waals surface area contributed by atoms with E-state index in [4.69, 9.17) is 18.9 Å². The van der Waals surface area contributed by atoms with E-state index in [0.717, 1.165) is 134 Å². The van der Waals surface area contributed by atoms with Crippen molar-refractivity contribution in [1.29, 1.82) is 0 Å². The maximum absolute atomic E-state index is 11.6. The summed E-state index contributed by atoms with van der Waals surface area (Å²) in [6, 6.07) is 87.1. The molecule has 0 amide bonds. The number of phenolic OH excluding ortho intramolecular Hbond substituents is 1. The Morgan fingerprint density at radius 1 is 0.353 bits per heavy atom. The highest BCUT2D eigenvalue weighted by Gasteiger charge is 2.14. The molecule has 0 fully saturated rings. The van der Waals surface area contributed by atoms with Gasteiger partial charge in [-0.2, -0.15) is 0 Å². The first kappa shape index (κ1) is 66.2. The number of rotatable bonds is 14. The SMILES string of the molecule is COc1ccc(-n2cnc3ccc(-c4ccc(CO)cc4)cc32)cc1.COc1ccc(-n2cnc3ccc(-c4ccc(O)cc4)cc32)cc1.COc1ccc(-n2cnc3ccc(-c4ccc(S(C)(=O)=O)cc4)cc32)cc1.COc1ccc(-n2cnc3ccc(-c4ccc5[nH]ccc5c4)cc32)cc1. The quantitative estimate of drug-likeness (QED) is 0.0932. The molecule has 0 aliphatic rings. The number of nitrogens with one attached hydrogen (secondary N) is 1. The number of aromatic nitrogens is 9. The molecule has 0 spiro atoms. The summed E-state index contributed by atoms with van der Waals surface area (Å²) in [6.07, 6.45) is 10.5. The van der Waals surface area contributed by atoms with Gasteiger partial charge in [0.1, 0.15) is 54.1 Å². The largest absolute Gasteiger partial charge is 0.508 e. The van der Waals surface area contributed by atoms with Crippen LogP contribution in [0.15, 0.2) is 303 Å². The standard InChI is InChI=1S/C22H17N3O.C21H18N2O3S.C21H18N2O2.C20H16N2O2/c1-26-19-6-4-18(5-7-19)25-14-24-21-9-3-16(13-22(21)25)15-2-8-20-17(12-15)10-11-23-20;1-26-18-8-6-17(7-9-18)23-14-22-20-12-5-16(13-21(20)23)15-3-10-19(11-4-15)27(2,24)25;1-25-19-9-7-18(8-10-19)23-14-22-20-11-6-17(12-21(20)23)16-4-2-15(13-24)3-5-16;1-24-18-9-5-16(6-10-18)22-13-21-19-11-4-15(12-20(19)22)14-2-7-17(23)8-3-14/h2-14,23H,1H3;3-14H,1-2H3;2-12,14,24H,13H2,1H3;2-13,23H,1H3. The zero-order valence-electron chi connectivity index (χ0n) is 56.3. The highest BCUT2D eigenvalue weighted by Crippen LogP contribution is 2.33. The lowest BCUT2D eigenvalue weighted by Gasteiger charge is -2.08. The number of nitrogens with zero attached hydrogens (tertiary/aromatic N) is 8. The molecule has 0 aliphatic carbocycles. The monoisotopic (exact) mass is 1360 g/mol. The van der Waals surface area contributed by atoms with Gasteiger partial charge >= 0.3 is 0 Å². The van der Waals surface area contributed by atoms with Crippen LogP contribution in [0.2, 0.25) is 0 Å². The first-order chi connectivity index (χ1) is 49.8. The van der Waals surface area contributed by atoms with Gasteiger partial charge in [-0.15, -0.1) is 0 Å². The number of hydrogen-bond acceptors (Lipinski definition) is 12. The van der Waals surface area contributed by atoms with Crippen LogP contribution in [0.1, 0.15) is 5.56 Å². The molecule has 12 aromatic carbocycles. The number of benzene rings is 12. The van der Waals surface area contributed by atoms with Crippen LogP contribution < -0.4 is 18.9 Å². The van der Waals surface area contributed by atoms with Crippen LogP contribution in [0, 0.1) is 0 Å². The van der Waals surface area contributed by atoms with Gasteiger partial charge in [-0.1, -0.05) is 78.9 Å². The van der Waals surface area contributed by atoms with Crippen LogP contribution in [0.3, 0.4) is 0 Å². The number of hydrogen-bond donors (Lipinski definition) is 3. The Labute approximate surface area is 588 Å². The summed E-state index contributed by atoms with van der Waals surface area (Å²) in [5.74, 6) is 3.57. The van der Waals surface area contributed by atoms with E-state index in [1.54, 1.807) is 59.0 Å². The van der Waals surface area contributed by atoms with E-state index < -0.39 is 9.84 Å². The van der Waals surface area contributed by atoms with Crippen LogP contribution in [0.5, 0.6) is 28.7 Å². The van der Waals surface area contributed by atoms with Crippen molar-refractivity contribution in [2.75, 3.05) is 34.7 Å². The molecule has 0 saturated heterocycles. The Balaban J connectivity index is 0.000000115. The van der Waals surface area contributed by atoms with E-state index in [9.17, 15) is 18.6 Å². The third kappa shape index (κ3) is 14.3.